The van der Waals surface area contributed by atoms with Crippen LogP contribution in [-0.2, 0) is 0 Å². The van der Waals surface area contributed by atoms with Crippen molar-refractivity contribution in [3.05, 3.63) is 12.2 Å². The number of rotatable bonds is 6. The second kappa shape index (κ2) is 5.83. The number of piperidine rings is 1. The van der Waals surface area contributed by atoms with E-state index in [4.69, 9.17) is 0 Å². The molecule has 16 heavy (non-hydrogen) atoms. The van der Waals surface area contributed by atoms with Crippen molar-refractivity contribution in [3.8, 4) is 0 Å². The van der Waals surface area contributed by atoms with Crippen LogP contribution in [-0.4, -0.2) is 37.1 Å². The van der Waals surface area contributed by atoms with Gasteiger partial charge in [0.2, 0.25) is 0 Å². The summed E-state index contributed by atoms with van der Waals surface area (Å²) in [5.74, 6) is 0.981. The van der Waals surface area contributed by atoms with Gasteiger partial charge in [0.1, 0.15) is 0 Å². The smallest absolute Gasteiger partial charge is 0.0202 e. The van der Waals surface area contributed by atoms with E-state index in [0.29, 0.717) is 0 Å². The Labute approximate surface area is 100 Å². The van der Waals surface area contributed by atoms with E-state index in [9.17, 15) is 0 Å². The molecule has 2 fully saturated rings. The highest BCUT2D eigenvalue weighted by Crippen LogP contribution is 2.21. The van der Waals surface area contributed by atoms with E-state index < -0.39 is 0 Å². The fraction of sp³-hybridized carbons (Fsp3) is 0.857. The van der Waals surface area contributed by atoms with Gasteiger partial charge in [-0.15, -0.1) is 0 Å². The lowest BCUT2D eigenvalue weighted by atomic mass is 9.94. The third-order valence-corrected chi connectivity index (χ3v) is 3.95. The molecular weight excluding hydrogens is 196 g/mol. The van der Waals surface area contributed by atoms with E-state index >= 15 is 0 Å². The lowest BCUT2D eigenvalue weighted by Crippen LogP contribution is -2.36. The van der Waals surface area contributed by atoms with Gasteiger partial charge in [-0.25, -0.2) is 0 Å². The molecule has 0 bridgehead atoms. The third kappa shape index (κ3) is 3.91. The molecule has 2 rings (SSSR count). The fourth-order valence-electron chi connectivity index (χ4n) is 2.50. The zero-order valence-corrected chi connectivity index (χ0v) is 10.7. The molecule has 0 aromatic rings. The van der Waals surface area contributed by atoms with E-state index in [-0.39, 0.29) is 0 Å². The second-order valence-electron chi connectivity index (χ2n) is 5.53. The molecular formula is C14H26N2. The maximum absolute atomic E-state index is 4.18. The normalized spacial score (nSPS) is 23.6. The quantitative estimate of drug-likeness (QED) is 0.694. The molecule has 1 aliphatic heterocycles. The van der Waals surface area contributed by atoms with Crippen molar-refractivity contribution >= 4 is 0 Å². The van der Waals surface area contributed by atoms with E-state index in [1.807, 2.05) is 0 Å². The average Bonchev–Trinajstić information content (AvgIpc) is 3.11. The number of nitrogens with one attached hydrogen (secondary N) is 1. The molecule has 1 saturated carbocycles. The van der Waals surface area contributed by atoms with Gasteiger partial charge in [-0.3, -0.25) is 4.90 Å². The molecule has 0 spiro atoms. The summed E-state index contributed by atoms with van der Waals surface area (Å²) in [5.41, 5.74) is 1.36. The van der Waals surface area contributed by atoms with Crippen LogP contribution in [0.25, 0.3) is 0 Å². The van der Waals surface area contributed by atoms with Crippen molar-refractivity contribution in [3.63, 3.8) is 0 Å². The Morgan fingerprint density at radius 1 is 1.25 bits per heavy atom. The molecule has 0 unspecified atom stereocenters. The van der Waals surface area contributed by atoms with Gasteiger partial charge in [-0.05, 0) is 50.3 Å². The van der Waals surface area contributed by atoms with Gasteiger partial charge >= 0.3 is 0 Å². The summed E-state index contributed by atoms with van der Waals surface area (Å²) in [5, 5.41) is 3.54. The molecule has 2 aliphatic rings. The summed E-state index contributed by atoms with van der Waals surface area (Å²) in [6.07, 6.45) is 6.88. The van der Waals surface area contributed by atoms with Crippen molar-refractivity contribution in [2.45, 2.75) is 45.1 Å². The predicted molar refractivity (Wildman–Crippen MR) is 69.6 cm³/mol. The van der Waals surface area contributed by atoms with Crippen molar-refractivity contribution in [1.29, 1.82) is 0 Å². The minimum atomic E-state index is 0.808. The maximum Gasteiger partial charge on any atom is 0.0202 e. The monoisotopic (exact) mass is 222 g/mol. The molecule has 1 N–H and O–H groups in total. The van der Waals surface area contributed by atoms with Gasteiger partial charge < -0.3 is 5.32 Å². The minimum absolute atomic E-state index is 0.808. The topological polar surface area (TPSA) is 15.3 Å². The van der Waals surface area contributed by atoms with E-state index in [1.54, 1.807) is 0 Å². The molecule has 2 nitrogen and oxygen atoms in total. The molecule has 2 heteroatoms. The largest absolute Gasteiger partial charge is 0.310 e. The summed E-state index contributed by atoms with van der Waals surface area (Å²) >= 11 is 0. The van der Waals surface area contributed by atoms with Crippen LogP contribution in [0.1, 0.15) is 39.0 Å². The number of hydrogen-bond donors (Lipinski definition) is 1. The molecule has 92 valence electrons. The van der Waals surface area contributed by atoms with Gasteiger partial charge in [0.15, 0.2) is 0 Å². The Balaban J connectivity index is 1.59. The van der Waals surface area contributed by atoms with Crippen molar-refractivity contribution in [2.75, 3.05) is 26.2 Å². The summed E-state index contributed by atoms with van der Waals surface area (Å²) in [6.45, 7) is 11.2. The molecule has 0 atom stereocenters. The molecule has 0 aromatic heterocycles. The van der Waals surface area contributed by atoms with Crippen LogP contribution in [0.4, 0.5) is 0 Å². The van der Waals surface area contributed by atoms with Crippen LogP contribution < -0.4 is 5.32 Å². The van der Waals surface area contributed by atoms with Gasteiger partial charge in [0, 0.05) is 19.1 Å². The van der Waals surface area contributed by atoms with Crippen LogP contribution in [0, 0.1) is 5.92 Å². The number of likely N-dealkylation sites (tertiary alicyclic amines) is 1. The summed E-state index contributed by atoms with van der Waals surface area (Å²) in [4.78, 5) is 2.57. The zero-order valence-electron chi connectivity index (χ0n) is 10.7. The van der Waals surface area contributed by atoms with Crippen LogP contribution in [0.2, 0.25) is 0 Å². The lowest BCUT2D eigenvalue weighted by Gasteiger charge is -2.32. The maximum atomic E-state index is 4.18. The summed E-state index contributed by atoms with van der Waals surface area (Å²) in [6, 6.07) is 0.808. The highest BCUT2D eigenvalue weighted by molar-refractivity contribution is 5.02. The van der Waals surface area contributed by atoms with Crippen LogP contribution >= 0.6 is 0 Å². The predicted octanol–water partition coefficient (Wildman–Crippen LogP) is 2.42. The van der Waals surface area contributed by atoms with E-state index in [1.165, 1.54) is 50.8 Å². The van der Waals surface area contributed by atoms with Crippen molar-refractivity contribution < 1.29 is 0 Å². The Morgan fingerprint density at radius 3 is 2.50 bits per heavy atom. The van der Waals surface area contributed by atoms with Crippen molar-refractivity contribution in [2.24, 2.45) is 5.92 Å². The standard InChI is InChI=1S/C14H26N2/c1-3-13-6-8-16(9-7-13)11-12(2)10-15-14-4-5-14/h13-15H,2-11H2,1H3. The Bertz CT molecular complexity index is 225. The second-order valence-corrected chi connectivity index (χ2v) is 5.53. The zero-order chi connectivity index (χ0) is 11.4. The van der Waals surface area contributed by atoms with E-state index in [0.717, 1.165) is 25.0 Å². The van der Waals surface area contributed by atoms with Crippen molar-refractivity contribution in [1.82, 2.24) is 10.2 Å². The molecule has 0 amide bonds. The van der Waals surface area contributed by atoms with Gasteiger partial charge in [0.05, 0.1) is 0 Å². The lowest BCUT2D eigenvalue weighted by molar-refractivity contribution is 0.194. The third-order valence-electron chi connectivity index (χ3n) is 3.95. The Hall–Kier alpha value is -0.340. The molecule has 1 aliphatic carbocycles. The van der Waals surface area contributed by atoms with Crippen LogP contribution in [0.3, 0.4) is 0 Å². The highest BCUT2D eigenvalue weighted by Gasteiger charge is 2.21. The average molecular weight is 222 g/mol. The van der Waals surface area contributed by atoms with Crippen LogP contribution in [0.5, 0.6) is 0 Å². The molecule has 0 aromatic carbocycles. The molecule has 1 heterocycles. The highest BCUT2D eigenvalue weighted by atomic mass is 15.1. The first kappa shape index (κ1) is 12.1. The number of nitrogens with zero attached hydrogens (tertiary/aromatic N) is 1. The Kier molecular flexibility index (Phi) is 4.42. The van der Waals surface area contributed by atoms with Crippen LogP contribution in [0.15, 0.2) is 12.2 Å². The minimum Gasteiger partial charge on any atom is -0.310 e. The first-order valence-electron chi connectivity index (χ1n) is 6.90. The first-order chi connectivity index (χ1) is 7.78. The summed E-state index contributed by atoms with van der Waals surface area (Å²) < 4.78 is 0. The van der Waals surface area contributed by atoms with Gasteiger partial charge in [-0.2, -0.15) is 0 Å². The fourth-order valence-corrected chi connectivity index (χ4v) is 2.50. The first-order valence-corrected chi connectivity index (χ1v) is 6.90. The number of hydrogen-bond acceptors (Lipinski definition) is 2. The SMILES string of the molecule is C=C(CNC1CC1)CN1CCC(CC)CC1. The summed E-state index contributed by atoms with van der Waals surface area (Å²) in [7, 11) is 0. The van der Waals surface area contributed by atoms with Gasteiger partial charge in [0.25, 0.3) is 0 Å². The van der Waals surface area contributed by atoms with Gasteiger partial charge in [-0.1, -0.05) is 19.9 Å². The Morgan fingerprint density at radius 2 is 1.94 bits per heavy atom. The molecule has 0 radical (unpaired) electrons. The van der Waals surface area contributed by atoms with E-state index in [2.05, 4.69) is 23.7 Å². The molecule has 1 saturated heterocycles.